The number of hydrogen-bond donors (Lipinski definition) is 2. The number of nitrogens with zero attached hydrogens (tertiary/aromatic N) is 4. The molecule has 7 heteroatoms. The third kappa shape index (κ3) is 1.64. The van der Waals surface area contributed by atoms with E-state index in [4.69, 9.17) is 18.0 Å². The van der Waals surface area contributed by atoms with Gasteiger partial charge < -0.3 is 5.73 Å². The molecule has 6 nitrogen and oxygen atoms in total. The zero-order valence-corrected chi connectivity index (χ0v) is 8.53. The average molecular weight is 220 g/mol. The van der Waals surface area contributed by atoms with Gasteiger partial charge >= 0.3 is 0 Å². The summed E-state index contributed by atoms with van der Waals surface area (Å²) < 4.78 is 0. The zero-order valence-electron chi connectivity index (χ0n) is 7.71. The number of nitrogens with one attached hydrogen (secondary N) is 1. The highest BCUT2D eigenvalue weighted by Gasteiger charge is 2.09. The number of aromatic amines is 1. The molecule has 0 fully saturated rings. The van der Waals surface area contributed by atoms with Crippen molar-refractivity contribution in [2.75, 3.05) is 5.01 Å². The average Bonchev–Trinajstić information content (AvgIpc) is 2.65. The SMILES string of the molecule is C=NN(C(N)=S)c1ccc2c[nH]nc2n1. The lowest BCUT2D eigenvalue weighted by Crippen LogP contribution is -2.31. The topological polar surface area (TPSA) is 83.2 Å². The lowest BCUT2D eigenvalue weighted by Gasteiger charge is -2.13. The van der Waals surface area contributed by atoms with Crippen molar-refractivity contribution < 1.29 is 0 Å². The molecule has 0 aliphatic heterocycles. The lowest BCUT2D eigenvalue weighted by atomic mass is 10.3. The first-order valence-corrected chi connectivity index (χ1v) is 4.50. The van der Waals surface area contributed by atoms with Crippen LogP contribution in [-0.2, 0) is 0 Å². The molecule has 0 amide bonds. The van der Waals surface area contributed by atoms with Crippen LogP contribution in [0.4, 0.5) is 5.82 Å². The first-order chi connectivity index (χ1) is 7.22. The summed E-state index contributed by atoms with van der Waals surface area (Å²) in [4.78, 5) is 4.21. The molecule has 2 heterocycles. The second kappa shape index (κ2) is 3.62. The van der Waals surface area contributed by atoms with Gasteiger partial charge in [0.05, 0.1) is 0 Å². The number of thiocarbonyl (C=S) groups is 1. The van der Waals surface area contributed by atoms with Gasteiger partial charge in [0.25, 0.3) is 0 Å². The first-order valence-electron chi connectivity index (χ1n) is 4.09. The van der Waals surface area contributed by atoms with Crippen LogP contribution in [0, 0.1) is 0 Å². The van der Waals surface area contributed by atoms with E-state index in [1.165, 1.54) is 5.01 Å². The fraction of sp³-hybridized carbons (Fsp3) is 0. The maximum absolute atomic E-state index is 5.45. The largest absolute Gasteiger partial charge is 0.374 e. The molecule has 0 radical (unpaired) electrons. The maximum Gasteiger partial charge on any atom is 0.193 e. The second-order valence-electron chi connectivity index (χ2n) is 2.76. The Morgan fingerprint density at radius 2 is 2.40 bits per heavy atom. The Balaban J connectivity index is 2.50. The van der Waals surface area contributed by atoms with E-state index in [-0.39, 0.29) is 5.11 Å². The van der Waals surface area contributed by atoms with Gasteiger partial charge in [-0.05, 0) is 24.4 Å². The highest BCUT2D eigenvalue weighted by molar-refractivity contribution is 7.80. The van der Waals surface area contributed by atoms with Gasteiger partial charge in [-0.25, -0.2) is 4.98 Å². The monoisotopic (exact) mass is 220 g/mol. The smallest absolute Gasteiger partial charge is 0.193 e. The molecule has 0 unspecified atom stereocenters. The van der Waals surface area contributed by atoms with Crippen molar-refractivity contribution in [3.05, 3.63) is 18.3 Å². The first kappa shape index (κ1) is 9.53. The van der Waals surface area contributed by atoms with E-state index in [1.54, 1.807) is 12.3 Å². The van der Waals surface area contributed by atoms with Crippen molar-refractivity contribution in [2.45, 2.75) is 0 Å². The maximum atomic E-state index is 5.45. The Kier molecular flexibility index (Phi) is 2.30. The summed E-state index contributed by atoms with van der Waals surface area (Å²) in [6.45, 7) is 3.37. The molecule has 2 aromatic rings. The van der Waals surface area contributed by atoms with Crippen molar-refractivity contribution >= 4 is 40.9 Å². The summed E-state index contributed by atoms with van der Waals surface area (Å²) >= 11 is 4.80. The Morgan fingerprint density at radius 3 is 3.07 bits per heavy atom. The van der Waals surface area contributed by atoms with Crippen molar-refractivity contribution in [1.29, 1.82) is 0 Å². The number of hydrogen-bond acceptors (Lipinski definition) is 4. The minimum Gasteiger partial charge on any atom is -0.374 e. The highest BCUT2D eigenvalue weighted by atomic mass is 32.1. The number of fused-ring (bicyclic) bond motifs is 1. The van der Waals surface area contributed by atoms with Gasteiger partial charge in [-0.2, -0.15) is 15.2 Å². The third-order valence-corrected chi connectivity index (χ3v) is 2.02. The van der Waals surface area contributed by atoms with Gasteiger partial charge in [-0.3, -0.25) is 5.10 Å². The fourth-order valence-corrected chi connectivity index (χ4v) is 1.34. The quantitative estimate of drug-likeness (QED) is 0.440. The summed E-state index contributed by atoms with van der Waals surface area (Å²) in [7, 11) is 0. The number of aromatic nitrogens is 3. The minimum atomic E-state index is 0.0902. The fourth-order valence-electron chi connectivity index (χ4n) is 1.19. The molecule has 0 aromatic carbocycles. The molecule has 2 aromatic heterocycles. The molecule has 0 spiro atoms. The zero-order chi connectivity index (χ0) is 10.8. The lowest BCUT2D eigenvalue weighted by molar-refractivity contribution is 1.07. The predicted molar refractivity (Wildman–Crippen MR) is 62.7 cm³/mol. The Labute approximate surface area is 90.8 Å². The molecule has 76 valence electrons. The van der Waals surface area contributed by atoms with Crippen LogP contribution in [0.5, 0.6) is 0 Å². The summed E-state index contributed by atoms with van der Waals surface area (Å²) in [6, 6.07) is 3.59. The molecule has 3 N–H and O–H groups in total. The molecule has 0 aliphatic rings. The molecular weight excluding hydrogens is 212 g/mol. The van der Waals surface area contributed by atoms with Crippen molar-refractivity contribution in [3.8, 4) is 0 Å². The van der Waals surface area contributed by atoms with E-state index < -0.39 is 0 Å². The molecular formula is C8H8N6S. The van der Waals surface area contributed by atoms with Crippen LogP contribution in [0.2, 0.25) is 0 Å². The second-order valence-corrected chi connectivity index (χ2v) is 3.18. The molecule has 0 bridgehead atoms. The van der Waals surface area contributed by atoms with Gasteiger partial charge in [0.1, 0.15) is 0 Å². The van der Waals surface area contributed by atoms with Crippen LogP contribution in [0.3, 0.4) is 0 Å². The Hall–Kier alpha value is -2.02. The van der Waals surface area contributed by atoms with E-state index in [9.17, 15) is 0 Å². The van der Waals surface area contributed by atoms with Gasteiger partial charge in [0.15, 0.2) is 16.6 Å². The molecule has 15 heavy (non-hydrogen) atoms. The van der Waals surface area contributed by atoms with Gasteiger partial charge in [0, 0.05) is 18.3 Å². The van der Waals surface area contributed by atoms with Gasteiger partial charge in [-0.1, -0.05) is 0 Å². The van der Waals surface area contributed by atoms with Gasteiger partial charge in [0.2, 0.25) is 0 Å². The standard InChI is InChI=1S/C8H8N6S/c1-10-14(8(9)15)6-3-2-5-4-11-13-7(5)12-6/h2-4H,1H2,(H2,9,15)(H,11,12,13). The number of H-pyrrole nitrogens is 1. The van der Waals surface area contributed by atoms with E-state index in [1.807, 2.05) is 6.07 Å². The minimum absolute atomic E-state index is 0.0902. The number of hydrazone groups is 1. The highest BCUT2D eigenvalue weighted by Crippen LogP contribution is 2.15. The van der Waals surface area contributed by atoms with Crippen LogP contribution >= 0.6 is 12.2 Å². The van der Waals surface area contributed by atoms with Crippen molar-refractivity contribution in [1.82, 2.24) is 15.2 Å². The number of pyridine rings is 1. The van der Waals surface area contributed by atoms with Crippen LogP contribution in [0.1, 0.15) is 0 Å². The molecule has 2 rings (SSSR count). The number of anilines is 1. The summed E-state index contributed by atoms with van der Waals surface area (Å²) in [6.07, 6.45) is 1.75. The van der Waals surface area contributed by atoms with Crippen LogP contribution in [0.15, 0.2) is 23.4 Å². The summed E-state index contributed by atoms with van der Waals surface area (Å²) in [5.41, 5.74) is 6.03. The summed E-state index contributed by atoms with van der Waals surface area (Å²) in [5, 5.41) is 12.6. The number of nitrogens with two attached hydrogens (primary N) is 1. The van der Waals surface area contributed by atoms with Crippen LogP contribution in [-0.4, -0.2) is 27.0 Å². The van der Waals surface area contributed by atoms with Gasteiger partial charge in [-0.15, -0.1) is 0 Å². The van der Waals surface area contributed by atoms with Crippen LogP contribution < -0.4 is 10.7 Å². The van der Waals surface area contributed by atoms with Crippen LogP contribution in [0.25, 0.3) is 11.0 Å². The van der Waals surface area contributed by atoms with E-state index in [0.717, 1.165) is 5.39 Å². The van der Waals surface area contributed by atoms with E-state index in [0.29, 0.717) is 11.5 Å². The number of rotatable bonds is 2. The molecule has 0 saturated carbocycles. The van der Waals surface area contributed by atoms with E-state index >= 15 is 0 Å². The van der Waals surface area contributed by atoms with E-state index in [2.05, 4.69) is 27.0 Å². The predicted octanol–water partition coefficient (Wildman–Crippen LogP) is 0.623. The molecule has 0 atom stereocenters. The molecule has 0 aliphatic carbocycles. The van der Waals surface area contributed by atoms with Crippen molar-refractivity contribution in [3.63, 3.8) is 0 Å². The van der Waals surface area contributed by atoms with Crippen molar-refractivity contribution in [2.24, 2.45) is 10.8 Å². The molecule has 0 saturated heterocycles. The normalized spacial score (nSPS) is 10.1. The Bertz CT molecular complexity index is 519. The summed E-state index contributed by atoms with van der Waals surface area (Å²) in [5.74, 6) is 0.497. The third-order valence-electron chi connectivity index (χ3n) is 1.85. The Morgan fingerprint density at radius 1 is 1.60 bits per heavy atom.